The van der Waals surface area contributed by atoms with Gasteiger partial charge in [0.05, 0.1) is 11.3 Å². The van der Waals surface area contributed by atoms with Gasteiger partial charge in [-0.2, -0.15) is 13.2 Å². The molecule has 1 aromatic heterocycles. The standard InChI is InChI=1S/C16H17F4N3S/c1-9-3-2-4-23(9)8-13-14(22-15(21)24-13)10-5-11(16(18,19)20)7-12(17)6-10/h5-7,9H,2-4,8H2,1H3,(H2,21,22). The Morgan fingerprint density at radius 1 is 1.33 bits per heavy atom. The molecule has 0 aliphatic carbocycles. The van der Waals surface area contributed by atoms with Crippen molar-refractivity contribution in [3.05, 3.63) is 34.5 Å². The molecule has 1 fully saturated rings. The van der Waals surface area contributed by atoms with Gasteiger partial charge in [-0.15, -0.1) is 11.3 Å². The van der Waals surface area contributed by atoms with Crippen LogP contribution in [0, 0.1) is 5.82 Å². The van der Waals surface area contributed by atoms with Gasteiger partial charge in [-0.3, -0.25) is 4.90 Å². The highest BCUT2D eigenvalue weighted by Gasteiger charge is 2.32. The van der Waals surface area contributed by atoms with Gasteiger partial charge in [0.25, 0.3) is 0 Å². The van der Waals surface area contributed by atoms with Gasteiger partial charge in [-0.05, 0) is 44.5 Å². The van der Waals surface area contributed by atoms with Crippen molar-refractivity contribution >= 4 is 16.5 Å². The van der Waals surface area contributed by atoms with E-state index in [4.69, 9.17) is 5.73 Å². The SMILES string of the molecule is CC1CCCN1Cc1sc(N)nc1-c1cc(F)cc(C(F)(F)F)c1. The Morgan fingerprint density at radius 3 is 2.71 bits per heavy atom. The van der Waals surface area contributed by atoms with Crippen LogP contribution in [0.4, 0.5) is 22.7 Å². The van der Waals surface area contributed by atoms with Crippen molar-refractivity contribution in [1.82, 2.24) is 9.88 Å². The predicted molar refractivity (Wildman–Crippen MR) is 86.0 cm³/mol. The van der Waals surface area contributed by atoms with Gasteiger partial charge in [0.1, 0.15) is 5.82 Å². The van der Waals surface area contributed by atoms with Gasteiger partial charge in [0.2, 0.25) is 0 Å². The zero-order valence-corrected chi connectivity index (χ0v) is 13.8. The second-order valence-corrected chi connectivity index (χ2v) is 7.13. The average molecular weight is 359 g/mol. The number of nitrogens with zero attached hydrogens (tertiary/aromatic N) is 2. The van der Waals surface area contributed by atoms with Crippen LogP contribution in [0.5, 0.6) is 0 Å². The zero-order valence-electron chi connectivity index (χ0n) is 13.0. The van der Waals surface area contributed by atoms with Crippen LogP contribution in [0.15, 0.2) is 18.2 Å². The fourth-order valence-corrected chi connectivity index (χ4v) is 3.88. The third-order valence-corrected chi connectivity index (χ3v) is 5.12. The molecule has 0 amide bonds. The summed E-state index contributed by atoms with van der Waals surface area (Å²) in [5, 5.41) is 0.268. The highest BCUT2D eigenvalue weighted by Crippen LogP contribution is 2.36. The van der Waals surface area contributed by atoms with E-state index in [1.54, 1.807) is 0 Å². The van der Waals surface area contributed by atoms with Crippen molar-refractivity contribution in [3.8, 4) is 11.3 Å². The molecular formula is C16H17F4N3S. The minimum absolute atomic E-state index is 0.108. The second-order valence-electron chi connectivity index (χ2n) is 6.01. The molecule has 1 saturated heterocycles. The molecule has 1 aliphatic rings. The number of thiazole rings is 1. The lowest BCUT2D eigenvalue weighted by atomic mass is 10.1. The summed E-state index contributed by atoms with van der Waals surface area (Å²) in [6.07, 6.45) is -2.44. The van der Waals surface area contributed by atoms with Gasteiger partial charge in [0.15, 0.2) is 5.13 Å². The van der Waals surface area contributed by atoms with Crippen molar-refractivity contribution < 1.29 is 17.6 Å². The molecule has 0 spiro atoms. The summed E-state index contributed by atoms with van der Waals surface area (Å²) in [6, 6.07) is 2.88. The monoisotopic (exact) mass is 359 g/mol. The molecule has 24 heavy (non-hydrogen) atoms. The number of nitrogens with two attached hydrogens (primary N) is 1. The first-order valence-corrected chi connectivity index (χ1v) is 8.43. The molecular weight excluding hydrogens is 342 g/mol. The van der Waals surface area contributed by atoms with E-state index in [2.05, 4.69) is 16.8 Å². The van der Waals surface area contributed by atoms with Crippen LogP contribution in [0.1, 0.15) is 30.2 Å². The topological polar surface area (TPSA) is 42.1 Å². The van der Waals surface area contributed by atoms with Crippen LogP contribution >= 0.6 is 11.3 Å². The van der Waals surface area contributed by atoms with E-state index < -0.39 is 17.6 Å². The molecule has 1 atom stereocenters. The lowest BCUT2D eigenvalue weighted by Crippen LogP contribution is -2.25. The minimum atomic E-state index is -4.61. The first kappa shape index (κ1) is 17.2. The fraction of sp³-hybridized carbons (Fsp3) is 0.438. The Morgan fingerprint density at radius 2 is 2.08 bits per heavy atom. The Balaban J connectivity index is 1.99. The highest BCUT2D eigenvalue weighted by molar-refractivity contribution is 7.15. The van der Waals surface area contributed by atoms with E-state index >= 15 is 0 Å². The number of hydrogen-bond acceptors (Lipinski definition) is 4. The summed E-state index contributed by atoms with van der Waals surface area (Å²) in [5.74, 6) is -0.938. The number of benzene rings is 1. The number of alkyl halides is 3. The number of hydrogen-bond donors (Lipinski definition) is 1. The highest BCUT2D eigenvalue weighted by atomic mass is 32.1. The van der Waals surface area contributed by atoms with Crippen LogP contribution in [0.25, 0.3) is 11.3 Å². The number of rotatable bonds is 3. The molecule has 2 N–H and O–H groups in total. The van der Waals surface area contributed by atoms with E-state index in [0.717, 1.165) is 36.4 Å². The van der Waals surface area contributed by atoms with Crippen LogP contribution in [0.3, 0.4) is 0 Å². The molecule has 0 saturated carbocycles. The van der Waals surface area contributed by atoms with Crippen molar-refractivity contribution in [1.29, 1.82) is 0 Å². The molecule has 3 rings (SSSR count). The summed E-state index contributed by atoms with van der Waals surface area (Å²) in [5.41, 5.74) is 5.18. The van der Waals surface area contributed by atoms with Crippen molar-refractivity contribution in [3.63, 3.8) is 0 Å². The zero-order chi connectivity index (χ0) is 17.5. The number of aromatic nitrogens is 1. The fourth-order valence-electron chi connectivity index (χ4n) is 3.00. The molecule has 0 radical (unpaired) electrons. The number of halogens is 4. The molecule has 1 aromatic carbocycles. The number of likely N-dealkylation sites (tertiary alicyclic amines) is 1. The van der Waals surface area contributed by atoms with Crippen LogP contribution in [0.2, 0.25) is 0 Å². The van der Waals surface area contributed by atoms with E-state index in [0.29, 0.717) is 24.3 Å². The smallest absolute Gasteiger partial charge is 0.375 e. The average Bonchev–Trinajstić information content (AvgIpc) is 3.04. The van der Waals surface area contributed by atoms with Crippen molar-refractivity contribution in [2.75, 3.05) is 12.3 Å². The minimum Gasteiger partial charge on any atom is -0.375 e. The van der Waals surface area contributed by atoms with E-state index in [1.807, 2.05) is 0 Å². The van der Waals surface area contributed by atoms with Crippen molar-refractivity contribution in [2.24, 2.45) is 0 Å². The molecule has 130 valence electrons. The van der Waals surface area contributed by atoms with Gasteiger partial charge in [0, 0.05) is 23.0 Å². The molecule has 0 bridgehead atoms. The molecule has 8 heteroatoms. The number of anilines is 1. The first-order chi connectivity index (χ1) is 11.2. The molecule has 1 unspecified atom stereocenters. The van der Waals surface area contributed by atoms with E-state index in [1.165, 1.54) is 11.3 Å². The largest absolute Gasteiger partial charge is 0.416 e. The summed E-state index contributed by atoms with van der Waals surface area (Å²) < 4.78 is 52.5. The van der Waals surface area contributed by atoms with Gasteiger partial charge < -0.3 is 5.73 Å². The maximum absolute atomic E-state index is 13.7. The lowest BCUT2D eigenvalue weighted by molar-refractivity contribution is -0.137. The van der Waals surface area contributed by atoms with Gasteiger partial charge >= 0.3 is 6.18 Å². The summed E-state index contributed by atoms with van der Waals surface area (Å²) in [4.78, 5) is 7.15. The first-order valence-electron chi connectivity index (χ1n) is 7.61. The third kappa shape index (κ3) is 3.54. The predicted octanol–water partition coefficient (Wildman–Crippen LogP) is 4.53. The molecule has 2 aromatic rings. The van der Waals surface area contributed by atoms with Crippen LogP contribution in [-0.2, 0) is 12.7 Å². The Hall–Kier alpha value is -1.67. The summed E-state index contributed by atoms with van der Waals surface area (Å²) >= 11 is 1.24. The van der Waals surface area contributed by atoms with Gasteiger partial charge in [-0.1, -0.05) is 0 Å². The molecule has 1 aliphatic heterocycles. The maximum atomic E-state index is 13.7. The van der Waals surface area contributed by atoms with E-state index in [9.17, 15) is 17.6 Å². The Kier molecular flexibility index (Phi) is 4.52. The number of nitrogen functional groups attached to an aromatic ring is 1. The Labute approximate surface area is 141 Å². The van der Waals surface area contributed by atoms with Crippen LogP contribution in [-0.4, -0.2) is 22.5 Å². The summed E-state index contributed by atoms with van der Waals surface area (Å²) in [6.45, 7) is 3.60. The summed E-state index contributed by atoms with van der Waals surface area (Å²) in [7, 11) is 0. The van der Waals surface area contributed by atoms with Gasteiger partial charge in [-0.25, -0.2) is 9.37 Å². The quantitative estimate of drug-likeness (QED) is 0.819. The molecule has 2 heterocycles. The van der Waals surface area contributed by atoms with Crippen molar-refractivity contribution in [2.45, 2.75) is 38.5 Å². The third-order valence-electron chi connectivity index (χ3n) is 4.25. The van der Waals surface area contributed by atoms with E-state index in [-0.39, 0.29) is 10.7 Å². The Bertz CT molecular complexity index is 741. The maximum Gasteiger partial charge on any atom is 0.416 e. The lowest BCUT2D eigenvalue weighted by Gasteiger charge is -2.20. The normalized spacial score (nSPS) is 19.1. The van der Waals surface area contributed by atoms with Crippen LogP contribution < -0.4 is 5.73 Å². The molecule has 3 nitrogen and oxygen atoms in total. The second kappa shape index (κ2) is 6.33.